The zero-order chi connectivity index (χ0) is 9.27. The molecule has 4 aliphatic carbocycles. The highest BCUT2D eigenvalue weighted by molar-refractivity contribution is 6.29. The standard InChI is InChI=1S/C10H13Cl3/c11-8-6-1-9(12)3-7(8)4-10(13,2-6)5-9/h6-8H,1-5H2. The number of hydrogen-bond donors (Lipinski definition) is 0. The summed E-state index contributed by atoms with van der Waals surface area (Å²) in [6, 6.07) is 0. The van der Waals surface area contributed by atoms with Gasteiger partial charge in [0.25, 0.3) is 0 Å². The zero-order valence-electron chi connectivity index (χ0n) is 7.40. The van der Waals surface area contributed by atoms with Crippen molar-refractivity contribution < 1.29 is 0 Å². The van der Waals surface area contributed by atoms with E-state index in [4.69, 9.17) is 34.8 Å². The lowest BCUT2D eigenvalue weighted by Gasteiger charge is -2.59. The lowest BCUT2D eigenvalue weighted by molar-refractivity contribution is 0.0552. The first-order valence-corrected chi connectivity index (χ1v) is 6.21. The SMILES string of the molecule is ClC1C2CC3(Cl)CC1CC(Cl)(C2)C3. The fourth-order valence-electron chi connectivity index (χ4n) is 3.88. The van der Waals surface area contributed by atoms with E-state index in [9.17, 15) is 0 Å². The number of halogens is 3. The Bertz CT molecular complexity index is 215. The maximum Gasteiger partial charge on any atom is 0.0470 e. The van der Waals surface area contributed by atoms with Crippen LogP contribution in [0.1, 0.15) is 32.1 Å². The molecule has 4 bridgehead atoms. The second-order valence-corrected chi connectivity index (χ2v) is 7.37. The van der Waals surface area contributed by atoms with Crippen LogP contribution >= 0.6 is 34.8 Å². The van der Waals surface area contributed by atoms with E-state index in [0.29, 0.717) is 17.2 Å². The lowest BCUT2D eigenvalue weighted by Crippen LogP contribution is -2.58. The third-order valence-corrected chi connectivity index (χ3v) is 5.64. The van der Waals surface area contributed by atoms with E-state index in [1.165, 1.54) is 0 Å². The van der Waals surface area contributed by atoms with Crippen molar-refractivity contribution in [1.29, 1.82) is 0 Å². The summed E-state index contributed by atoms with van der Waals surface area (Å²) >= 11 is 19.5. The smallest absolute Gasteiger partial charge is 0.0470 e. The summed E-state index contributed by atoms with van der Waals surface area (Å²) in [6.07, 6.45) is 5.36. The molecule has 0 heterocycles. The van der Waals surface area contributed by atoms with Crippen LogP contribution in [0.4, 0.5) is 0 Å². The molecule has 4 aliphatic rings. The third kappa shape index (κ3) is 1.25. The summed E-state index contributed by atoms with van der Waals surface area (Å²) in [7, 11) is 0. The highest BCUT2D eigenvalue weighted by atomic mass is 35.5. The van der Waals surface area contributed by atoms with Crippen molar-refractivity contribution >= 4 is 34.8 Å². The van der Waals surface area contributed by atoms with Gasteiger partial charge in [-0.15, -0.1) is 34.8 Å². The molecular weight excluding hydrogens is 226 g/mol. The Morgan fingerprint density at radius 1 is 0.846 bits per heavy atom. The molecule has 0 N–H and O–H groups in total. The summed E-state index contributed by atoms with van der Waals surface area (Å²) in [5.41, 5.74) is 0. The summed E-state index contributed by atoms with van der Waals surface area (Å²) in [4.78, 5) is -0.00204. The molecule has 0 unspecified atom stereocenters. The van der Waals surface area contributed by atoms with Gasteiger partial charge in [-0.25, -0.2) is 0 Å². The Kier molecular flexibility index (Phi) is 1.76. The molecular formula is C10H13Cl3. The molecule has 0 amide bonds. The predicted molar refractivity (Wildman–Crippen MR) is 56.9 cm³/mol. The average molecular weight is 240 g/mol. The average Bonchev–Trinajstić information content (AvgIpc) is 1.94. The van der Waals surface area contributed by atoms with Crippen LogP contribution in [0.25, 0.3) is 0 Å². The number of alkyl halides is 3. The molecule has 3 heteroatoms. The van der Waals surface area contributed by atoms with Crippen molar-refractivity contribution in [1.82, 2.24) is 0 Å². The van der Waals surface area contributed by atoms with E-state index in [2.05, 4.69) is 0 Å². The monoisotopic (exact) mass is 238 g/mol. The second-order valence-electron chi connectivity index (χ2n) is 5.26. The van der Waals surface area contributed by atoms with E-state index in [-0.39, 0.29) is 9.75 Å². The molecule has 0 nitrogen and oxygen atoms in total. The van der Waals surface area contributed by atoms with Gasteiger partial charge in [0.1, 0.15) is 0 Å². The Morgan fingerprint density at radius 3 is 1.62 bits per heavy atom. The van der Waals surface area contributed by atoms with Gasteiger partial charge in [0.05, 0.1) is 0 Å². The Morgan fingerprint density at radius 2 is 1.23 bits per heavy atom. The molecule has 4 rings (SSSR count). The van der Waals surface area contributed by atoms with E-state index in [0.717, 1.165) is 32.1 Å². The van der Waals surface area contributed by atoms with Crippen LogP contribution in [-0.4, -0.2) is 15.1 Å². The Hall–Kier alpha value is 0.870. The summed E-state index contributed by atoms with van der Waals surface area (Å²) in [6.45, 7) is 0. The van der Waals surface area contributed by atoms with Gasteiger partial charge < -0.3 is 0 Å². The van der Waals surface area contributed by atoms with Gasteiger partial charge in [0.15, 0.2) is 0 Å². The predicted octanol–water partition coefficient (Wildman–Crippen LogP) is 3.77. The number of rotatable bonds is 0. The minimum Gasteiger partial charge on any atom is -0.122 e. The van der Waals surface area contributed by atoms with Crippen molar-refractivity contribution in [3.63, 3.8) is 0 Å². The normalized spacial score (nSPS) is 64.4. The van der Waals surface area contributed by atoms with Gasteiger partial charge in [0.2, 0.25) is 0 Å². The molecule has 4 fully saturated rings. The number of hydrogen-bond acceptors (Lipinski definition) is 0. The van der Waals surface area contributed by atoms with Gasteiger partial charge in [-0.2, -0.15) is 0 Å². The second kappa shape index (κ2) is 2.51. The summed E-state index contributed by atoms with van der Waals surface area (Å²) in [5.74, 6) is 1.16. The molecule has 0 radical (unpaired) electrons. The molecule has 0 aliphatic heterocycles. The molecule has 4 saturated carbocycles. The minimum absolute atomic E-state index is 0.00102. The maximum absolute atomic E-state index is 6.54. The lowest BCUT2D eigenvalue weighted by atomic mass is 9.55. The molecule has 0 aromatic heterocycles. The quantitative estimate of drug-likeness (QED) is 0.565. The van der Waals surface area contributed by atoms with Crippen LogP contribution in [-0.2, 0) is 0 Å². The van der Waals surface area contributed by atoms with Crippen molar-refractivity contribution in [2.45, 2.75) is 47.2 Å². The third-order valence-electron chi connectivity index (χ3n) is 4.05. The van der Waals surface area contributed by atoms with Crippen LogP contribution in [0.15, 0.2) is 0 Å². The first kappa shape index (κ1) is 9.12. The zero-order valence-corrected chi connectivity index (χ0v) is 9.67. The van der Waals surface area contributed by atoms with Gasteiger partial charge in [-0.3, -0.25) is 0 Å². The van der Waals surface area contributed by atoms with Gasteiger partial charge in [-0.1, -0.05) is 0 Å². The van der Waals surface area contributed by atoms with Crippen LogP contribution in [0.5, 0.6) is 0 Å². The van der Waals surface area contributed by atoms with Crippen molar-refractivity contribution in [3.05, 3.63) is 0 Å². The molecule has 0 spiro atoms. The first-order valence-electron chi connectivity index (χ1n) is 5.02. The van der Waals surface area contributed by atoms with E-state index in [1.54, 1.807) is 0 Å². The van der Waals surface area contributed by atoms with Gasteiger partial charge in [0, 0.05) is 15.1 Å². The van der Waals surface area contributed by atoms with Gasteiger partial charge in [-0.05, 0) is 43.9 Å². The van der Waals surface area contributed by atoms with E-state index < -0.39 is 0 Å². The largest absolute Gasteiger partial charge is 0.122 e. The first-order chi connectivity index (χ1) is 6.00. The van der Waals surface area contributed by atoms with Crippen LogP contribution < -0.4 is 0 Å². The fourth-order valence-corrected chi connectivity index (χ4v) is 5.61. The van der Waals surface area contributed by atoms with Gasteiger partial charge >= 0.3 is 0 Å². The molecule has 0 aromatic rings. The van der Waals surface area contributed by atoms with Crippen molar-refractivity contribution in [2.24, 2.45) is 11.8 Å². The summed E-state index contributed by atoms with van der Waals surface area (Å²) in [5, 5.41) is 0.346. The highest BCUT2D eigenvalue weighted by Gasteiger charge is 2.59. The maximum atomic E-state index is 6.54. The topological polar surface area (TPSA) is 0 Å². The van der Waals surface area contributed by atoms with Crippen molar-refractivity contribution in [3.8, 4) is 0 Å². The molecule has 13 heavy (non-hydrogen) atoms. The summed E-state index contributed by atoms with van der Waals surface area (Å²) < 4.78 is 0. The minimum atomic E-state index is -0.00102. The molecule has 0 saturated heterocycles. The van der Waals surface area contributed by atoms with E-state index in [1.807, 2.05) is 0 Å². The Labute approximate surface area is 93.9 Å². The Balaban J connectivity index is 1.99. The fraction of sp³-hybridized carbons (Fsp3) is 1.00. The molecule has 0 atom stereocenters. The van der Waals surface area contributed by atoms with E-state index >= 15 is 0 Å². The molecule has 74 valence electrons. The highest BCUT2D eigenvalue weighted by Crippen LogP contribution is 2.63. The van der Waals surface area contributed by atoms with Crippen LogP contribution in [0.2, 0.25) is 0 Å². The van der Waals surface area contributed by atoms with Crippen LogP contribution in [0.3, 0.4) is 0 Å². The van der Waals surface area contributed by atoms with Crippen molar-refractivity contribution in [2.75, 3.05) is 0 Å². The molecule has 0 aromatic carbocycles. The van der Waals surface area contributed by atoms with Crippen LogP contribution in [0, 0.1) is 11.8 Å².